The molecular weight excluding hydrogens is 144 g/mol. The van der Waals surface area contributed by atoms with E-state index < -0.39 is 0 Å². The Morgan fingerprint density at radius 2 is 2.55 bits per heavy atom. The first-order valence-corrected chi connectivity index (χ1v) is 3.87. The van der Waals surface area contributed by atoms with Crippen LogP contribution in [-0.4, -0.2) is 5.27 Å². The van der Waals surface area contributed by atoms with E-state index in [2.05, 4.69) is 16.7 Å². The summed E-state index contributed by atoms with van der Waals surface area (Å²) in [7, 11) is 0. The van der Waals surface area contributed by atoms with Gasteiger partial charge >= 0.3 is 5.63 Å². The number of hydrogen-bond donors (Lipinski definition) is 1. The fourth-order valence-corrected chi connectivity index (χ4v) is 1.49. The third-order valence-electron chi connectivity index (χ3n) is 2.18. The Hall–Kier alpha value is -1.06. The number of nitrogens with zero attached hydrogens (tertiary/aromatic N) is 1. The highest BCUT2D eigenvalue weighted by atomic mass is 16.5. The second-order valence-corrected chi connectivity index (χ2v) is 3.18. The summed E-state index contributed by atoms with van der Waals surface area (Å²) < 4.78 is 6.45. The maximum absolute atomic E-state index is 11.0. The van der Waals surface area contributed by atoms with Crippen LogP contribution in [0, 0.1) is 5.92 Å². The number of rotatable bonds is 0. The van der Waals surface area contributed by atoms with Gasteiger partial charge in [0.25, 0.3) is 5.69 Å². The molecule has 4 heteroatoms. The summed E-state index contributed by atoms with van der Waals surface area (Å²) in [5.41, 5.74) is 0.569. The molecule has 4 nitrogen and oxygen atoms in total. The van der Waals surface area contributed by atoms with Crippen LogP contribution in [0.15, 0.2) is 9.32 Å². The number of fused-ring (bicyclic) bond motifs is 1. The van der Waals surface area contributed by atoms with Crippen molar-refractivity contribution in [2.75, 3.05) is 0 Å². The van der Waals surface area contributed by atoms with E-state index in [9.17, 15) is 4.79 Å². The highest BCUT2D eigenvalue weighted by molar-refractivity contribution is 4.85. The van der Waals surface area contributed by atoms with Gasteiger partial charge in [-0.15, -0.1) is 0 Å². The molecule has 1 atom stereocenters. The molecule has 0 saturated heterocycles. The van der Waals surface area contributed by atoms with Gasteiger partial charge in [-0.1, -0.05) is 11.6 Å². The molecule has 0 fully saturated rings. The monoisotopic (exact) mass is 155 g/mol. The van der Waals surface area contributed by atoms with Crippen molar-refractivity contribution >= 4 is 0 Å². The summed E-state index contributed by atoms with van der Waals surface area (Å²) in [5, 5.41) is 2.59. The molecule has 0 bridgehead atoms. The molecule has 60 valence electrons. The van der Waals surface area contributed by atoms with Crippen LogP contribution in [0.3, 0.4) is 0 Å². The van der Waals surface area contributed by atoms with Crippen molar-refractivity contribution in [3.63, 3.8) is 0 Å². The van der Waals surface area contributed by atoms with E-state index in [0.29, 0.717) is 5.92 Å². The molecule has 0 aliphatic carbocycles. The minimum atomic E-state index is -0.211. The fourth-order valence-electron chi connectivity index (χ4n) is 1.49. The molecule has 0 aromatic carbocycles. The Morgan fingerprint density at radius 1 is 1.73 bits per heavy atom. The van der Waals surface area contributed by atoms with E-state index in [1.54, 1.807) is 4.68 Å². The van der Waals surface area contributed by atoms with Crippen LogP contribution < -0.4 is 10.3 Å². The SMILES string of the molecule is CC1CCc2c(=O)o[nH][n+]2C1. The predicted octanol–water partition coefficient (Wildman–Crippen LogP) is -0.162. The lowest BCUT2D eigenvalue weighted by Gasteiger charge is -2.08. The van der Waals surface area contributed by atoms with Crippen LogP contribution in [0.4, 0.5) is 0 Å². The molecule has 1 N–H and O–H groups in total. The number of aromatic amines is 1. The van der Waals surface area contributed by atoms with Crippen LogP contribution in [0.25, 0.3) is 0 Å². The zero-order chi connectivity index (χ0) is 7.84. The average molecular weight is 155 g/mol. The van der Waals surface area contributed by atoms with Gasteiger partial charge in [-0.2, -0.15) is 0 Å². The van der Waals surface area contributed by atoms with Crippen molar-refractivity contribution in [1.82, 2.24) is 5.27 Å². The molecule has 0 spiro atoms. The molecule has 1 aliphatic heterocycles. The number of nitrogens with one attached hydrogen (secondary N) is 1. The average Bonchev–Trinajstić information content (AvgIpc) is 2.32. The summed E-state index contributed by atoms with van der Waals surface area (Å²) in [5.74, 6) is 0.640. The molecular formula is C7H11N2O2+. The molecule has 1 unspecified atom stereocenters. The van der Waals surface area contributed by atoms with E-state index in [-0.39, 0.29) is 5.63 Å². The minimum Gasteiger partial charge on any atom is -0.283 e. The van der Waals surface area contributed by atoms with Gasteiger partial charge in [0, 0.05) is 12.3 Å². The maximum atomic E-state index is 11.0. The van der Waals surface area contributed by atoms with Crippen molar-refractivity contribution in [3.05, 3.63) is 16.1 Å². The smallest absolute Gasteiger partial charge is 0.283 e. The molecule has 2 rings (SSSR count). The third kappa shape index (κ3) is 0.982. The highest BCUT2D eigenvalue weighted by Gasteiger charge is 2.27. The fraction of sp³-hybridized carbons (Fsp3) is 0.714. The molecule has 1 aliphatic rings. The Kier molecular flexibility index (Phi) is 1.34. The summed E-state index contributed by atoms with van der Waals surface area (Å²) in [4.78, 5) is 11.0. The van der Waals surface area contributed by atoms with Crippen LogP contribution >= 0.6 is 0 Å². The van der Waals surface area contributed by atoms with Crippen molar-refractivity contribution in [3.8, 4) is 0 Å². The molecule has 1 aromatic rings. The quantitative estimate of drug-likeness (QED) is 0.529. The number of hydrogen-bond acceptors (Lipinski definition) is 2. The summed E-state index contributed by atoms with van der Waals surface area (Å²) in [6.07, 6.45) is 1.93. The van der Waals surface area contributed by atoms with Gasteiger partial charge in [0.05, 0.1) is 0 Å². The molecule has 2 heterocycles. The van der Waals surface area contributed by atoms with Crippen molar-refractivity contribution in [2.45, 2.75) is 26.3 Å². The molecule has 0 saturated carbocycles. The van der Waals surface area contributed by atoms with Crippen molar-refractivity contribution in [1.29, 1.82) is 0 Å². The Balaban J connectivity index is 2.44. The first kappa shape index (κ1) is 6.64. The first-order chi connectivity index (χ1) is 5.27. The lowest BCUT2D eigenvalue weighted by atomic mass is 10.0. The van der Waals surface area contributed by atoms with Crippen LogP contribution in [0.1, 0.15) is 19.0 Å². The van der Waals surface area contributed by atoms with Gasteiger partial charge in [0.1, 0.15) is 0 Å². The van der Waals surface area contributed by atoms with Crippen molar-refractivity contribution < 1.29 is 9.20 Å². The topological polar surface area (TPSA) is 49.9 Å². The van der Waals surface area contributed by atoms with Gasteiger partial charge in [-0.25, -0.2) is 4.79 Å². The van der Waals surface area contributed by atoms with E-state index in [1.165, 1.54) is 0 Å². The maximum Gasteiger partial charge on any atom is 0.429 e. The van der Waals surface area contributed by atoms with E-state index in [4.69, 9.17) is 0 Å². The van der Waals surface area contributed by atoms with Gasteiger partial charge in [0.2, 0.25) is 0 Å². The van der Waals surface area contributed by atoms with Crippen LogP contribution in [0.2, 0.25) is 0 Å². The standard InChI is InChI=1S/C7H10N2O2/c1-5-2-3-6-7(10)11-8-9(6)4-5/h5H,2-4H2,1H3/p+1. The number of H-pyrrole nitrogens is 1. The van der Waals surface area contributed by atoms with Gasteiger partial charge in [-0.3, -0.25) is 4.52 Å². The van der Waals surface area contributed by atoms with E-state index >= 15 is 0 Å². The number of aromatic nitrogens is 2. The largest absolute Gasteiger partial charge is 0.429 e. The summed E-state index contributed by atoms with van der Waals surface area (Å²) >= 11 is 0. The second kappa shape index (κ2) is 2.22. The summed E-state index contributed by atoms with van der Waals surface area (Å²) in [6.45, 7) is 3.04. The van der Waals surface area contributed by atoms with Crippen LogP contribution in [0.5, 0.6) is 0 Å². The lowest BCUT2D eigenvalue weighted by molar-refractivity contribution is -0.777. The van der Waals surface area contributed by atoms with Gasteiger partial charge in [-0.05, 0) is 11.7 Å². The second-order valence-electron chi connectivity index (χ2n) is 3.18. The molecule has 1 aromatic heterocycles. The minimum absolute atomic E-state index is 0.211. The third-order valence-corrected chi connectivity index (χ3v) is 2.18. The van der Waals surface area contributed by atoms with E-state index in [0.717, 1.165) is 25.1 Å². The molecule has 11 heavy (non-hydrogen) atoms. The van der Waals surface area contributed by atoms with Crippen molar-refractivity contribution in [2.24, 2.45) is 5.92 Å². The summed E-state index contributed by atoms with van der Waals surface area (Å²) in [6, 6.07) is 0. The molecule has 0 amide bonds. The highest BCUT2D eigenvalue weighted by Crippen LogP contribution is 2.09. The zero-order valence-electron chi connectivity index (χ0n) is 6.46. The Bertz CT molecular complexity index is 312. The molecule has 0 radical (unpaired) electrons. The predicted molar refractivity (Wildman–Crippen MR) is 37.0 cm³/mol. The van der Waals surface area contributed by atoms with E-state index in [1.807, 2.05) is 0 Å². The lowest BCUT2D eigenvalue weighted by Crippen LogP contribution is -2.46. The Morgan fingerprint density at radius 3 is 3.36 bits per heavy atom. The zero-order valence-corrected chi connectivity index (χ0v) is 6.46. The first-order valence-electron chi connectivity index (χ1n) is 3.87. The van der Waals surface area contributed by atoms with Gasteiger partial charge < -0.3 is 0 Å². The van der Waals surface area contributed by atoms with Gasteiger partial charge in [0.15, 0.2) is 6.54 Å². The van der Waals surface area contributed by atoms with Crippen LogP contribution in [-0.2, 0) is 13.0 Å². The Labute approximate surface area is 63.8 Å². The normalized spacial score (nSPS) is 23.2.